The molecule has 0 unspecified atom stereocenters. The maximum absolute atomic E-state index is 12.8. The minimum absolute atomic E-state index is 0.118. The van der Waals surface area contributed by atoms with E-state index in [2.05, 4.69) is 12.1 Å². The van der Waals surface area contributed by atoms with E-state index in [4.69, 9.17) is 10.6 Å². The maximum Gasteiger partial charge on any atom is 0.180 e. The molecule has 0 spiro atoms. The molecule has 0 saturated carbocycles. The van der Waals surface area contributed by atoms with Crippen molar-refractivity contribution in [2.75, 3.05) is 13.2 Å². The van der Waals surface area contributed by atoms with Crippen molar-refractivity contribution >= 4 is 9.84 Å². The van der Waals surface area contributed by atoms with Gasteiger partial charge in [-0.15, -0.1) is 0 Å². The van der Waals surface area contributed by atoms with Gasteiger partial charge in [0.25, 0.3) is 0 Å². The van der Waals surface area contributed by atoms with Crippen LogP contribution in [0.1, 0.15) is 49.4 Å². The molecule has 1 saturated heterocycles. The molecule has 0 amide bonds. The van der Waals surface area contributed by atoms with Crippen LogP contribution in [0.5, 0.6) is 5.75 Å². The van der Waals surface area contributed by atoms with Crippen LogP contribution in [0.2, 0.25) is 0 Å². The highest BCUT2D eigenvalue weighted by Crippen LogP contribution is 2.40. The van der Waals surface area contributed by atoms with Crippen molar-refractivity contribution in [3.63, 3.8) is 0 Å². The van der Waals surface area contributed by atoms with Gasteiger partial charge in [0.15, 0.2) is 9.84 Å². The van der Waals surface area contributed by atoms with Crippen LogP contribution in [0.25, 0.3) is 0 Å². The zero-order chi connectivity index (χ0) is 20.6. The van der Waals surface area contributed by atoms with E-state index in [9.17, 15) is 8.42 Å². The Hall–Kier alpha value is -1.89. The lowest BCUT2D eigenvalue weighted by Crippen LogP contribution is -2.44. The molecule has 29 heavy (non-hydrogen) atoms. The Morgan fingerprint density at radius 2 is 1.97 bits per heavy atom. The minimum atomic E-state index is -3.33. The molecule has 0 radical (unpaired) electrons. The second-order valence-corrected chi connectivity index (χ2v) is 11.0. The van der Waals surface area contributed by atoms with E-state index < -0.39 is 15.1 Å². The molecule has 2 aromatic rings. The van der Waals surface area contributed by atoms with Crippen molar-refractivity contribution in [1.82, 2.24) is 5.01 Å². The summed E-state index contributed by atoms with van der Waals surface area (Å²) in [5.41, 5.74) is 3.22. The first-order chi connectivity index (χ1) is 13.9. The van der Waals surface area contributed by atoms with E-state index in [1.165, 1.54) is 5.56 Å². The van der Waals surface area contributed by atoms with Gasteiger partial charge in [-0.2, -0.15) is 0 Å². The molecular formula is C23H30N2O3S. The lowest BCUT2D eigenvalue weighted by molar-refractivity contribution is 0.0922. The van der Waals surface area contributed by atoms with Gasteiger partial charge in [-0.25, -0.2) is 13.4 Å². The fraction of sp³-hybridized carbons (Fsp3) is 0.478. The van der Waals surface area contributed by atoms with Crippen molar-refractivity contribution in [2.45, 2.75) is 55.7 Å². The number of hydrogen-bond donors (Lipinski definition) is 1. The van der Waals surface area contributed by atoms with E-state index in [1.54, 1.807) is 13.8 Å². The van der Waals surface area contributed by atoms with Gasteiger partial charge in [-0.3, -0.25) is 5.84 Å². The second-order valence-electron chi connectivity index (χ2n) is 8.46. The predicted octanol–water partition coefficient (Wildman–Crippen LogP) is 3.67. The van der Waals surface area contributed by atoms with Crippen molar-refractivity contribution in [1.29, 1.82) is 0 Å². The highest BCUT2D eigenvalue weighted by Gasteiger charge is 2.33. The normalized spacial score (nSPS) is 22.5. The van der Waals surface area contributed by atoms with Crippen LogP contribution in [0, 0.1) is 5.92 Å². The first kappa shape index (κ1) is 20.4. The van der Waals surface area contributed by atoms with Crippen molar-refractivity contribution in [3.8, 4) is 5.75 Å². The number of nitrogens with zero attached hydrogens (tertiary/aromatic N) is 1. The summed E-state index contributed by atoms with van der Waals surface area (Å²) in [6.07, 6.45) is 3.62. The van der Waals surface area contributed by atoms with E-state index in [1.807, 2.05) is 35.3 Å². The van der Waals surface area contributed by atoms with Crippen LogP contribution in [0.4, 0.5) is 0 Å². The number of nitrogens with two attached hydrogens (primary N) is 1. The van der Waals surface area contributed by atoms with Gasteiger partial charge in [-0.05, 0) is 67.9 Å². The number of ether oxygens (including phenoxy) is 1. The number of hydrogen-bond acceptors (Lipinski definition) is 5. The molecule has 2 aliphatic rings. The molecule has 0 aliphatic carbocycles. The summed E-state index contributed by atoms with van der Waals surface area (Å²) in [4.78, 5) is 0.420. The summed E-state index contributed by atoms with van der Waals surface area (Å²) >= 11 is 0. The van der Waals surface area contributed by atoms with Gasteiger partial charge < -0.3 is 4.74 Å². The van der Waals surface area contributed by atoms with Crippen LogP contribution < -0.4 is 10.6 Å². The highest BCUT2D eigenvalue weighted by molar-refractivity contribution is 7.92. The fourth-order valence-corrected chi connectivity index (χ4v) is 5.82. The molecular weight excluding hydrogens is 384 g/mol. The third-order valence-corrected chi connectivity index (χ3v) is 8.34. The standard InChI is InChI=1S/C23H30N2O3S/c1-16(2)29(26,27)21-14-19-10-12-28-23(19)20(15-21)13-18-9-6-11-25(24)22(18)17-7-4-3-5-8-17/h3-5,7-8,14-16,18,22H,6,9-13,24H2,1-2H3/t18-,22+/m0/s1. The van der Waals surface area contributed by atoms with E-state index in [-0.39, 0.29) is 6.04 Å². The summed E-state index contributed by atoms with van der Waals surface area (Å²) in [6.45, 7) is 4.95. The van der Waals surface area contributed by atoms with Gasteiger partial charge in [0.05, 0.1) is 22.8 Å². The molecule has 2 aromatic carbocycles. The van der Waals surface area contributed by atoms with Gasteiger partial charge in [0.2, 0.25) is 0 Å². The lowest BCUT2D eigenvalue weighted by Gasteiger charge is -2.39. The Morgan fingerprint density at radius 1 is 1.21 bits per heavy atom. The summed E-state index contributed by atoms with van der Waals surface area (Å²) in [5, 5.41) is 1.50. The first-order valence-electron chi connectivity index (χ1n) is 10.5. The van der Waals surface area contributed by atoms with Crippen LogP contribution in [-0.2, 0) is 22.7 Å². The van der Waals surface area contributed by atoms with Crippen LogP contribution in [0.3, 0.4) is 0 Å². The molecule has 5 nitrogen and oxygen atoms in total. The van der Waals surface area contributed by atoms with Crippen LogP contribution >= 0.6 is 0 Å². The van der Waals surface area contributed by atoms with Crippen LogP contribution in [0.15, 0.2) is 47.4 Å². The minimum Gasteiger partial charge on any atom is -0.493 e. The average Bonchev–Trinajstić information content (AvgIpc) is 3.18. The molecule has 6 heteroatoms. The van der Waals surface area contributed by atoms with E-state index in [0.29, 0.717) is 17.4 Å². The molecule has 2 aliphatic heterocycles. The lowest BCUT2D eigenvalue weighted by atomic mass is 9.81. The van der Waals surface area contributed by atoms with E-state index in [0.717, 1.165) is 49.1 Å². The first-order valence-corrected chi connectivity index (χ1v) is 12.0. The molecule has 2 N–H and O–H groups in total. The topological polar surface area (TPSA) is 72.6 Å². The van der Waals surface area contributed by atoms with Gasteiger partial charge in [0.1, 0.15) is 5.75 Å². The number of rotatable bonds is 5. The Balaban J connectivity index is 1.72. The zero-order valence-electron chi connectivity index (χ0n) is 17.2. The number of fused-ring (bicyclic) bond motifs is 1. The second kappa shape index (κ2) is 8.09. The Labute approximate surface area is 173 Å². The Kier molecular flexibility index (Phi) is 5.69. The monoisotopic (exact) mass is 414 g/mol. The Morgan fingerprint density at radius 3 is 2.69 bits per heavy atom. The molecule has 0 aromatic heterocycles. The summed E-state index contributed by atoms with van der Waals surface area (Å²) in [5.74, 6) is 7.60. The SMILES string of the molecule is CC(C)S(=O)(=O)c1cc2c(c(C[C@@H]3CCCN(N)[C@@H]3c3ccccc3)c1)OCC2. The maximum atomic E-state index is 12.8. The van der Waals surface area contributed by atoms with Gasteiger partial charge in [0, 0.05) is 13.0 Å². The van der Waals surface area contributed by atoms with Crippen molar-refractivity contribution in [3.05, 3.63) is 59.2 Å². The molecule has 2 heterocycles. The zero-order valence-corrected chi connectivity index (χ0v) is 18.0. The molecule has 2 atom stereocenters. The van der Waals surface area contributed by atoms with Gasteiger partial charge in [-0.1, -0.05) is 30.3 Å². The average molecular weight is 415 g/mol. The molecule has 156 valence electrons. The number of benzene rings is 2. The van der Waals surface area contributed by atoms with Crippen LogP contribution in [-0.4, -0.2) is 31.8 Å². The molecule has 0 bridgehead atoms. The molecule has 1 fully saturated rings. The summed E-state index contributed by atoms with van der Waals surface area (Å²) in [7, 11) is -3.33. The van der Waals surface area contributed by atoms with Gasteiger partial charge >= 0.3 is 0 Å². The quantitative estimate of drug-likeness (QED) is 0.756. The predicted molar refractivity (Wildman–Crippen MR) is 114 cm³/mol. The largest absolute Gasteiger partial charge is 0.493 e. The third-order valence-electron chi connectivity index (χ3n) is 6.20. The summed E-state index contributed by atoms with van der Waals surface area (Å²) in [6, 6.07) is 14.1. The summed E-state index contributed by atoms with van der Waals surface area (Å²) < 4.78 is 31.6. The highest BCUT2D eigenvalue weighted by atomic mass is 32.2. The molecule has 4 rings (SSSR count). The van der Waals surface area contributed by atoms with E-state index >= 15 is 0 Å². The fourth-order valence-electron chi connectivity index (χ4n) is 4.66. The number of sulfone groups is 1. The third kappa shape index (κ3) is 3.93. The number of piperidine rings is 1. The number of hydrazine groups is 1. The van der Waals surface area contributed by atoms with Crippen molar-refractivity contribution < 1.29 is 13.2 Å². The Bertz CT molecular complexity index is 973. The van der Waals surface area contributed by atoms with Crippen molar-refractivity contribution in [2.24, 2.45) is 11.8 Å². The smallest absolute Gasteiger partial charge is 0.180 e.